The standard InChI is InChI=1S/C24H17F5O2/c1-3-4-5-23-10-14(23)22(30)24(6-7-24)31-16-9-15(25)12(8-13(16)23)17-11(2)18(26)20(28)21(29)19(17)27/h1,8-9,14H,4-7,10H2,2H3. The first-order valence-corrected chi connectivity index (χ1v) is 10.0. The number of ketones is 1. The smallest absolute Gasteiger partial charge is 0.198 e. The van der Waals surface area contributed by atoms with Crippen LogP contribution in [0, 0.1) is 54.3 Å². The molecule has 2 atom stereocenters. The summed E-state index contributed by atoms with van der Waals surface area (Å²) in [5.41, 5.74) is -2.88. The number of carbonyl (C=O) groups excluding carboxylic acids is 1. The molecule has 2 aromatic rings. The zero-order chi connectivity index (χ0) is 22.3. The Kier molecular flexibility index (Phi) is 4.09. The minimum absolute atomic E-state index is 0.0519. The van der Waals surface area contributed by atoms with E-state index in [1.807, 2.05) is 0 Å². The molecule has 31 heavy (non-hydrogen) atoms. The van der Waals surface area contributed by atoms with Crippen molar-refractivity contribution in [3.63, 3.8) is 0 Å². The van der Waals surface area contributed by atoms with Gasteiger partial charge in [-0.1, -0.05) is 0 Å². The van der Waals surface area contributed by atoms with Crippen LogP contribution in [0.1, 0.15) is 43.2 Å². The highest BCUT2D eigenvalue weighted by Gasteiger charge is 2.69. The van der Waals surface area contributed by atoms with Crippen LogP contribution in [0.25, 0.3) is 11.1 Å². The highest BCUT2D eigenvalue weighted by atomic mass is 19.2. The van der Waals surface area contributed by atoms with Crippen molar-refractivity contribution < 1.29 is 31.5 Å². The first kappa shape index (κ1) is 20.0. The van der Waals surface area contributed by atoms with Crippen LogP contribution in [0.2, 0.25) is 0 Å². The number of benzene rings is 2. The Labute approximate surface area is 175 Å². The van der Waals surface area contributed by atoms with Crippen LogP contribution in [0.5, 0.6) is 5.75 Å². The lowest BCUT2D eigenvalue weighted by Crippen LogP contribution is -2.30. The van der Waals surface area contributed by atoms with E-state index in [1.165, 1.54) is 6.07 Å². The molecule has 5 rings (SSSR count). The predicted molar refractivity (Wildman–Crippen MR) is 102 cm³/mol. The van der Waals surface area contributed by atoms with Crippen LogP contribution >= 0.6 is 0 Å². The molecule has 2 aromatic carbocycles. The molecular formula is C24H17F5O2. The van der Waals surface area contributed by atoms with Gasteiger partial charge in [0.05, 0.1) is 0 Å². The van der Waals surface area contributed by atoms with Crippen molar-refractivity contribution in [1.29, 1.82) is 0 Å². The lowest BCUT2D eigenvalue weighted by Gasteiger charge is -2.21. The van der Waals surface area contributed by atoms with Crippen LogP contribution in [0.3, 0.4) is 0 Å². The van der Waals surface area contributed by atoms with Crippen molar-refractivity contribution in [3.05, 3.63) is 52.3 Å². The molecule has 0 aromatic heterocycles. The normalized spacial score (nSPS) is 24.7. The van der Waals surface area contributed by atoms with E-state index < -0.39 is 56.8 Å². The lowest BCUT2D eigenvalue weighted by atomic mass is 9.84. The molecule has 0 bridgehead atoms. The molecular weight excluding hydrogens is 415 g/mol. The Bertz CT molecular complexity index is 1180. The maximum absolute atomic E-state index is 15.1. The summed E-state index contributed by atoms with van der Waals surface area (Å²) in [6.07, 6.45) is 7.76. The third-order valence-corrected chi connectivity index (χ3v) is 6.94. The van der Waals surface area contributed by atoms with Crippen molar-refractivity contribution in [2.45, 2.75) is 50.0 Å². The van der Waals surface area contributed by atoms with Crippen molar-refractivity contribution in [2.75, 3.05) is 0 Å². The second-order valence-corrected chi connectivity index (χ2v) is 8.66. The number of terminal acetylenes is 1. The number of halogens is 5. The quantitative estimate of drug-likeness (QED) is 0.276. The average molecular weight is 432 g/mol. The Morgan fingerprint density at radius 3 is 2.42 bits per heavy atom. The van der Waals surface area contributed by atoms with Crippen LogP contribution in [-0.4, -0.2) is 11.4 Å². The van der Waals surface area contributed by atoms with Gasteiger partial charge < -0.3 is 4.74 Å². The summed E-state index contributed by atoms with van der Waals surface area (Å²) in [6.45, 7) is 1.05. The van der Waals surface area contributed by atoms with Gasteiger partial charge >= 0.3 is 0 Å². The van der Waals surface area contributed by atoms with Gasteiger partial charge in [-0.2, -0.15) is 0 Å². The number of hydrogen-bond acceptors (Lipinski definition) is 2. The monoisotopic (exact) mass is 432 g/mol. The minimum Gasteiger partial charge on any atom is -0.479 e. The molecule has 2 fully saturated rings. The summed E-state index contributed by atoms with van der Waals surface area (Å²) < 4.78 is 77.4. The van der Waals surface area contributed by atoms with Gasteiger partial charge in [0.25, 0.3) is 0 Å². The van der Waals surface area contributed by atoms with E-state index in [4.69, 9.17) is 11.2 Å². The second kappa shape index (κ2) is 6.32. The highest BCUT2D eigenvalue weighted by Crippen LogP contribution is 2.66. The maximum atomic E-state index is 15.1. The maximum Gasteiger partial charge on any atom is 0.198 e. The van der Waals surface area contributed by atoms with Gasteiger partial charge in [-0.25, -0.2) is 22.0 Å². The summed E-state index contributed by atoms with van der Waals surface area (Å²) in [5.74, 6) is -5.93. The molecule has 0 N–H and O–H groups in total. The number of hydrogen-bond donors (Lipinski definition) is 0. The zero-order valence-electron chi connectivity index (χ0n) is 16.6. The summed E-state index contributed by atoms with van der Waals surface area (Å²) in [5, 5.41) is 0. The summed E-state index contributed by atoms with van der Waals surface area (Å²) in [6, 6.07) is 2.30. The van der Waals surface area contributed by atoms with Crippen LogP contribution in [0.15, 0.2) is 12.1 Å². The molecule has 1 spiro atoms. The molecule has 1 heterocycles. The molecule has 0 radical (unpaired) electrons. The summed E-state index contributed by atoms with van der Waals surface area (Å²) in [4.78, 5) is 13.0. The topological polar surface area (TPSA) is 26.3 Å². The highest BCUT2D eigenvalue weighted by molar-refractivity contribution is 5.97. The predicted octanol–water partition coefficient (Wildman–Crippen LogP) is 5.52. The van der Waals surface area contributed by atoms with Gasteiger partial charge in [0.1, 0.15) is 11.6 Å². The van der Waals surface area contributed by atoms with Gasteiger partial charge in [0.2, 0.25) is 0 Å². The molecule has 0 saturated heterocycles. The first-order chi connectivity index (χ1) is 14.7. The molecule has 0 amide bonds. The first-order valence-electron chi connectivity index (χ1n) is 10.0. The second-order valence-electron chi connectivity index (χ2n) is 8.66. The van der Waals surface area contributed by atoms with Gasteiger partial charge in [-0.3, -0.25) is 4.79 Å². The van der Waals surface area contributed by atoms with E-state index in [0.717, 1.165) is 13.0 Å². The Balaban J connectivity index is 1.75. The van der Waals surface area contributed by atoms with E-state index in [9.17, 15) is 22.4 Å². The molecule has 2 unspecified atom stereocenters. The molecule has 7 heteroatoms. The fourth-order valence-electron chi connectivity index (χ4n) is 4.97. The molecule has 160 valence electrons. The van der Waals surface area contributed by atoms with Crippen molar-refractivity contribution >= 4 is 5.78 Å². The Morgan fingerprint density at radius 2 is 1.77 bits per heavy atom. The van der Waals surface area contributed by atoms with E-state index >= 15 is 4.39 Å². The number of fused-ring (bicyclic) bond motifs is 3. The Hall–Kier alpha value is -2.88. The third kappa shape index (κ3) is 2.60. The lowest BCUT2D eigenvalue weighted by molar-refractivity contribution is -0.128. The van der Waals surface area contributed by atoms with Gasteiger partial charge in [0, 0.05) is 40.5 Å². The minimum atomic E-state index is -2.01. The summed E-state index contributed by atoms with van der Waals surface area (Å²) >= 11 is 0. The fourth-order valence-corrected chi connectivity index (χ4v) is 4.97. The van der Waals surface area contributed by atoms with E-state index in [-0.39, 0.29) is 17.5 Å². The average Bonchev–Trinajstić information content (AvgIpc) is 3.66. The van der Waals surface area contributed by atoms with Crippen LogP contribution in [0.4, 0.5) is 22.0 Å². The van der Waals surface area contributed by atoms with Crippen molar-refractivity contribution in [3.8, 4) is 29.2 Å². The molecule has 2 aliphatic carbocycles. The molecule has 2 saturated carbocycles. The Morgan fingerprint density at radius 1 is 1.10 bits per heavy atom. The van der Waals surface area contributed by atoms with Crippen LogP contribution < -0.4 is 4.74 Å². The third-order valence-electron chi connectivity index (χ3n) is 6.94. The number of ether oxygens (including phenoxy) is 1. The SMILES string of the molecule is C#CCCC12CC1C(=O)C1(CC1)Oc1cc(F)c(-c3c(C)c(F)c(F)c(F)c3F)cc12. The number of Topliss-reactive ketones (excluding diaryl/α,β-unsaturated/α-hetero) is 1. The number of rotatable bonds is 3. The van der Waals surface area contributed by atoms with Crippen LogP contribution in [-0.2, 0) is 10.2 Å². The van der Waals surface area contributed by atoms with E-state index in [0.29, 0.717) is 37.7 Å². The fraction of sp³-hybridized carbons (Fsp3) is 0.375. The summed E-state index contributed by atoms with van der Waals surface area (Å²) in [7, 11) is 0. The molecule has 2 nitrogen and oxygen atoms in total. The van der Waals surface area contributed by atoms with Gasteiger partial charge in [0.15, 0.2) is 34.7 Å². The van der Waals surface area contributed by atoms with E-state index in [2.05, 4.69) is 5.92 Å². The van der Waals surface area contributed by atoms with Gasteiger partial charge in [-0.15, -0.1) is 12.3 Å². The van der Waals surface area contributed by atoms with Crippen molar-refractivity contribution in [1.82, 2.24) is 0 Å². The zero-order valence-corrected chi connectivity index (χ0v) is 16.6. The van der Waals surface area contributed by atoms with E-state index in [1.54, 1.807) is 0 Å². The van der Waals surface area contributed by atoms with Crippen molar-refractivity contribution in [2.24, 2.45) is 5.92 Å². The van der Waals surface area contributed by atoms with Gasteiger partial charge in [-0.05, 0) is 44.2 Å². The number of carbonyl (C=O) groups is 1. The largest absolute Gasteiger partial charge is 0.479 e. The molecule has 1 aliphatic heterocycles. The molecule has 3 aliphatic rings.